The molecule has 3 heterocycles. The zero-order chi connectivity index (χ0) is 26.4. The van der Waals surface area contributed by atoms with Crippen molar-refractivity contribution in [1.29, 1.82) is 0 Å². The average Bonchev–Trinajstić information content (AvgIpc) is 3.33. The van der Waals surface area contributed by atoms with E-state index in [-0.39, 0.29) is 24.9 Å². The Balaban J connectivity index is 1.40. The molecule has 2 amide bonds. The van der Waals surface area contributed by atoms with Gasteiger partial charge in [-0.1, -0.05) is 60.7 Å². The van der Waals surface area contributed by atoms with E-state index in [1.165, 1.54) is 12.0 Å². The lowest BCUT2D eigenvalue weighted by molar-refractivity contribution is -0.159. The van der Waals surface area contributed by atoms with E-state index in [2.05, 4.69) is 4.98 Å². The van der Waals surface area contributed by atoms with Crippen molar-refractivity contribution >= 4 is 28.7 Å². The molecule has 3 atom stereocenters. The van der Waals surface area contributed by atoms with Gasteiger partial charge in [0.05, 0.1) is 37.9 Å². The van der Waals surface area contributed by atoms with Gasteiger partial charge in [0.25, 0.3) is 0 Å². The van der Waals surface area contributed by atoms with E-state index in [4.69, 9.17) is 4.74 Å². The van der Waals surface area contributed by atoms with Crippen molar-refractivity contribution in [2.24, 2.45) is 0 Å². The lowest BCUT2D eigenvalue weighted by atomic mass is 9.86. The molecule has 1 aromatic heterocycles. The third-order valence-electron chi connectivity index (χ3n) is 7.57. The summed E-state index contributed by atoms with van der Waals surface area (Å²) < 4.78 is 4.83. The molecule has 0 radical (unpaired) electrons. The van der Waals surface area contributed by atoms with Crippen molar-refractivity contribution in [2.75, 3.05) is 20.2 Å². The Hall–Kier alpha value is -4.43. The van der Waals surface area contributed by atoms with Gasteiger partial charge in [-0.25, -0.2) is 4.79 Å². The van der Waals surface area contributed by atoms with Crippen molar-refractivity contribution < 1.29 is 24.2 Å². The molecule has 2 aliphatic heterocycles. The Morgan fingerprint density at radius 1 is 1.03 bits per heavy atom. The fraction of sp³-hybridized carbons (Fsp3) is 0.233. The van der Waals surface area contributed by atoms with Crippen LogP contribution in [0, 0.1) is 0 Å². The second-order valence-corrected chi connectivity index (χ2v) is 9.75. The van der Waals surface area contributed by atoms with Crippen LogP contribution in [0.2, 0.25) is 0 Å². The van der Waals surface area contributed by atoms with Gasteiger partial charge in [-0.15, -0.1) is 0 Å². The van der Waals surface area contributed by atoms with Gasteiger partial charge in [0.15, 0.2) is 0 Å². The number of aliphatic hydroxyl groups is 1. The first-order valence-corrected chi connectivity index (χ1v) is 12.6. The van der Waals surface area contributed by atoms with E-state index >= 15 is 0 Å². The topological polar surface area (TPSA) is 103 Å². The minimum absolute atomic E-state index is 0.0398. The molecule has 8 nitrogen and oxygen atoms in total. The zero-order valence-corrected chi connectivity index (χ0v) is 20.8. The minimum Gasteiger partial charge on any atom is -0.465 e. The number of para-hydroxylation sites is 1. The third kappa shape index (κ3) is 3.94. The molecular formula is C30H27N3O5. The maximum Gasteiger partial charge on any atom is 0.337 e. The highest BCUT2D eigenvalue weighted by Gasteiger charge is 2.48. The Labute approximate surface area is 219 Å². The van der Waals surface area contributed by atoms with Gasteiger partial charge in [-0.05, 0) is 34.9 Å². The number of aromatic amines is 1. The second kappa shape index (κ2) is 9.46. The quantitative estimate of drug-likeness (QED) is 0.402. The summed E-state index contributed by atoms with van der Waals surface area (Å²) in [5, 5.41) is 11.8. The number of carbonyl (C=O) groups excluding carboxylic acids is 3. The van der Waals surface area contributed by atoms with E-state index in [0.717, 1.165) is 27.7 Å². The van der Waals surface area contributed by atoms with Gasteiger partial charge in [0, 0.05) is 23.0 Å². The molecule has 192 valence electrons. The first-order chi connectivity index (χ1) is 18.5. The standard InChI is InChI=1S/C30H27N3O5/c1-38-30(37)20-13-11-19(12-14-20)28-27-22(21-9-5-6-10-23(21)31-27)15-24-29(36)32(17-26(35)33(24)28)16-25(34)18-7-3-2-4-8-18/h2-14,24-25,28,31,34H,15-17H2,1H3/t24-,25+,28-/m0/s1. The van der Waals surface area contributed by atoms with Gasteiger partial charge in [-0.2, -0.15) is 0 Å². The minimum atomic E-state index is -0.895. The Morgan fingerprint density at radius 2 is 1.74 bits per heavy atom. The SMILES string of the molecule is COC(=O)c1ccc([C@H]2c3[nH]c4ccccc4c3C[C@H]3C(=O)N(C[C@@H](O)c4ccccc4)CC(=O)N23)cc1. The van der Waals surface area contributed by atoms with Crippen molar-refractivity contribution in [3.63, 3.8) is 0 Å². The number of H-pyrrole nitrogens is 1. The number of aromatic nitrogens is 1. The van der Waals surface area contributed by atoms with Gasteiger partial charge in [-0.3, -0.25) is 9.59 Å². The van der Waals surface area contributed by atoms with Crippen LogP contribution in [0.3, 0.4) is 0 Å². The van der Waals surface area contributed by atoms with Crippen LogP contribution in [0.1, 0.15) is 44.9 Å². The Kier molecular flexibility index (Phi) is 5.96. The number of fused-ring (bicyclic) bond motifs is 4. The van der Waals surface area contributed by atoms with Crippen LogP contribution in [0.25, 0.3) is 10.9 Å². The molecule has 2 aliphatic rings. The lowest BCUT2D eigenvalue weighted by Crippen LogP contribution is -2.63. The van der Waals surface area contributed by atoms with E-state index in [1.807, 2.05) is 42.5 Å². The normalized spacial score (nSPS) is 19.7. The Morgan fingerprint density at radius 3 is 2.47 bits per heavy atom. The third-order valence-corrected chi connectivity index (χ3v) is 7.57. The molecule has 3 aromatic carbocycles. The number of nitrogens with one attached hydrogen (secondary N) is 1. The fourth-order valence-electron chi connectivity index (χ4n) is 5.73. The highest BCUT2D eigenvalue weighted by atomic mass is 16.5. The number of hydrogen-bond acceptors (Lipinski definition) is 5. The maximum atomic E-state index is 13.8. The van der Waals surface area contributed by atoms with E-state index in [1.54, 1.807) is 41.3 Å². The summed E-state index contributed by atoms with van der Waals surface area (Å²) in [5.41, 5.74) is 4.69. The first kappa shape index (κ1) is 23.9. The molecule has 6 rings (SSSR count). The number of ether oxygens (including phenoxy) is 1. The molecule has 8 heteroatoms. The first-order valence-electron chi connectivity index (χ1n) is 12.6. The van der Waals surface area contributed by atoms with Crippen LogP contribution in [0.4, 0.5) is 0 Å². The van der Waals surface area contributed by atoms with Crippen molar-refractivity contribution in [2.45, 2.75) is 24.6 Å². The fourth-order valence-corrected chi connectivity index (χ4v) is 5.73. The van der Waals surface area contributed by atoms with E-state index < -0.39 is 24.2 Å². The predicted octanol–water partition coefficient (Wildman–Crippen LogP) is 3.37. The lowest BCUT2D eigenvalue weighted by Gasteiger charge is -2.47. The number of rotatable bonds is 5. The highest BCUT2D eigenvalue weighted by molar-refractivity contribution is 5.97. The number of amides is 2. The Bertz CT molecular complexity index is 1530. The molecule has 1 fully saturated rings. The number of hydrogen-bond donors (Lipinski definition) is 2. The summed E-state index contributed by atoms with van der Waals surface area (Å²) in [6, 6.07) is 22.8. The second-order valence-electron chi connectivity index (χ2n) is 9.75. The average molecular weight is 510 g/mol. The summed E-state index contributed by atoms with van der Waals surface area (Å²) in [5.74, 6) is -0.825. The van der Waals surface area contributed by atoms with Gasteiger partial charge < -0.3 is 24.6 Å². The predicted molar refractivity (Wildman–Crippen MR) is 140 cm³/mol. The highest BCUT2D eigenvalue weighted by Crippen LogP contribution is 2.42. The summed E-state index contributed by atoms with van der Waals surface area (Å²) >= 11 is 0. The van der Waals surface area contributed by atoms with Crippen molar-refractivity contribution in [3.8, 4) is 0 Å². The smallest absolute Gasteiger partial charge is 0.337 e. The van der Waals surface area contributed by atoms with Gasteiger partial charge in [0.2, 0.25) is 11.8 Å². The van der Waals surface area contributed by atoms with Crippen LogP contribution >= 0.6 is 0 Å². The molecular weight excluding hydrogens is 482 g/mol. The number of nitrogens with zero attached hydrogens (tertiary/aromatic N) is 2. The molecule has 0 spiro atoms. The number of benzene rings is 3. The zero-order valence-electron chi connectivity index (χ0n) is 20.8. The molecule has 0 saturated carbocycles. The monoisotopic (exact) mass is 509 g/mol. The summed E-state index contributed by atoms with van der Waals surface area (Å²) in [4.78, 5) is 46.2. The van der Waals surface area contributed by atoms with Crippen molar-refractivity contribution in [3.05, 3.63) is 107 Å². The van der Waals surface area contributed by atoms with Crippen LogP contribution < -0.4 is 0 Å². The largest absolute Gasteiger partial charge is 0.465 e. The molecule has 0 bridgehead atoms. The number of aliphatic hydroxyl groups excluding tert-OH is 1. The molecule has 4 aromatic rings. The van der Waals surface area contributed by atoms with Crippen LogP contribution in [-0.2, 0) is 20.7 Å². The van der Waals surface area contributed by atoms with E-state index in [0.29, 0.717) is 17.5 Å². The molecule has 2 N–H and O–H groups in total. The maximum absolute atomic E-state index is 13.8. The molecule has 0 unspecified atom stereocenters. The molecule has 0 aliphatic carbocycles. The summed E-state index contributed by atoms with van der Waals surface area (Å²) in [6.45, 7) is -0.0797. The number of methoxy groups -OCH3 is 1. The number of β-amino-alcohol motifs (C(OH)–C–C–N with tert-alkyl or cyclic N) is 1. The van der Waals surface area contributed by atoms with E-state index in [9.17, 15) is 19.5 Å². The van der Waals surface area contributed by atoms with Crippen molar-refractivity contribution in [1.82, 2.24) is 14.8 Å². The van der Waals surface area contributed by atoms with Gasteiger partial charge in [0.1, 0.15) is 6.04 Å². The molecule has 1 saturated heterocycles. The van der Waals surface area contributed by atoms with Crippen LogP contribution in [0.15, 0.2) is 78.9 Å². The number of carbonyl (C=O) groups is 3. The number of piperazine rings is 1. The summed E-state index contributed by atoms with van der Waals surface area (Å²) in [6.07, 6.45) is -0.521. The van der Waals surface area contributed by atoms with Gasteiger partial charge >= 0.3 is 5.97 Å². The number of esters is 1. The summed E-state index contributed by atoms with van der Waals surface area (Å²) in [7, 11) is 1.33. The van der Waals surface area contributed by atoms with Crippen LogP contribution in [-0.4, -0.2) is 63.9 Å². The molecule has 38 heavy (non-hydrogen) atoms. The van der Waals surface area contributed by atoms with Crippen LogP contribution in [0.5, 0.6) is 0 Å².